The zero-order valence-electron chi connectivity index (χ0n) is 26.1. The highest BCUT2D eigenvalue weighted by molar-refractivity contribution is 6.46. The lowest BCUT2D eigenvalue weighted by Crippen LogP contribution is -2.34. The van der Waals surface area contributed by atoms with E-state index < -0.39 is 14.8 Å². The van der Waals surface area contributed by atoms with E-state index in [4.69, 9.17) is 7.58 Å². The second-order valence-corrected chi connectivity index (χ2v) is 16.7. The van der Waals surface area contributed by atoms with Gasteiger partial charge in [-0.05, 0) is 63.0 Å². The normalized spacial score (nSPS) is 13.1. The first-order chi connectivity index (χ1) is 16.2. The zero-order valence-corrected chi connectivity index (χ0v) is 27.3. The number of hydrogen-bond donors (Lipinski definition) is 0. The van der Waals surface area contributed by atoms with Gasteiger partial charge in [-0.2, -0.15) is 0 Å². The fourth-order valence-corrected chi connectivity index (χ4v) is 6.46. The summed E-state index contributed by atoms with van der Waals surface area (Å²) in [6.45, 7) is 34.1. The van der Waals surface area contributed by atoms with Crippen LogP contribution in [0.4, 0.5) is 0 Å². The first-order valence-corrected chi connectivity index (χ1v) is 15.6. The van der Waals surface area contributed by atoms with Gasteiger partial charge < -0.3 is 7.58 Å². The van der Waals surface area contributed by atoms with Crippen LogP contribution in [0, 0.1) is 13.8 Å². The number of aryl methyl sites for hydroxylation is 2. The third-order valence-corrected chi connectivity index (χ3v) is 8.77. The molecule has 2 aromatic rings. The molecule has 0 radical (unpaired) electrons. The van der Waals surface area contributed by atoms with Gasteiger partial charge in [-0.1, -0.05) is 132 Å². The average molecular weight is 509 g/mol. The Labute approximate surface area is 228 Å². The van der Waals surface area contributed by atoms with Crippen LogP contribution in [0.2, 0.25) is 5.28 Å². The van der Waals surface area contributed by atoms with Crippen molar-refractivity contribution in [3.8, 4) is 11.5 Å². The highest BCUT2D eigenvalue weighted by Crippen LogP contribution is 2.44. The van der Waals surface area contributed by atoms with Gasteiger partial charge in [-0.15, -0.1) is 0 Å². The van der Waals surface area contributed by atoms with E-state index >= 15 is 0 Å². The van der Waals surface area contributed by atoms with Crippen molar-refractivity contribution in [1.29, 1.82) is 0 Å². The third kappa shape index (κ3) is 7.55. The lowest BCUT2D eigenvalue weighted by molar-refractivity contribution is 0.385. The van der Waals surface area contributed by atoms with E-state index in [1.165, 1.54) is 33.4 Å². The van der Waals surface area contributed by atoms with E-state index in [1.807, 2.05) is 0 Å². The maximum atomic E-state index is 7.11. The van der Waals surface area contributed by atoms with Gasteiger partial charge in [0.05, 0.1) is 11.5 Å². The molecule has 3 heteroatoms. The molecule has 0 aromatic heterocycles. The van der Waals surface area contributed by atoms with Crippen molar-refractivity contribution in [2.24, 2.45) is 0 Å². The van der Waals surface area contributed by atoms with Gasteiger partial charge >= 0.3 is 14.8 Å². The summed E-state index contributed by atoms with van der Waals surface area (Å²) < 4.78 is 14.2. The fourth-order valence-electron chi connectivity index (χ4n) is 4.67. The van der Waals surface area contributed by atoms with Crippen molar-refractivity contribution < 1.29 is 7.58 Å². The molecule has 0 N–H and O–H groups in total. The largest absolute Gasteiger partial charge is 0.856 e. The Bertz CT molecular complexity index is 900. The molecule has 0 aliphatic heterocycles. The van der Waals surface area contributed by atoms with E-state index in [-0.39, 0.29) is 21.7 Å². The molecule has 0 fully saturated rings. The molecule has 36 heavy (non-hydrogen) atoms. The predicted molar refractivity (Wildman–Crippen MR) is 159 cm³/mol. The van der Waals surface area contributed by atoms with Gasteiger partial charge in [-0.25, -0.2) is 0 Å². The Morgan fingerprint density at radius 1 is 0.528 bits per heavy atom. The minimum atomic E-state index is -2.12. The zero-order chi connectivity index (χ0) is 27.9. The van der Waals surface area contributed by atoms with E-state index in [0.717, 1.165) is 23.2 Å². The van der Waals surface area contributed by atoms with Crippen molar-refractivity contribution in [2.45, 2.75) is 137 Å². The van der Waals surface area contributed by atoms with Crippen LogP contribution >= 0.6 is 0 Å². The van der Waals surface area contributed by atoms with Crippen LogP contribution in [0.1, 0.15) is 130 Å². The van der Waals surface area contributed by atoms with Gasteiger partial charge in [0, 0.05) is 0 Å². The van der Waals surface area contributed by atoms with Crippen molar-refractivity contribution in [2.75, 3.05) is 0 Å². The predicted octanol–water partition coefficient (Wildman–Crippen LogP) is 9.85. The fraction of sp³-hybridized carbons (Fsp3) is 0.636. The maximum Gasteiger partial charge on any atom is 0.856 e. The molecule has 0 saturated carbocycles. The monoisotopic (exact) mass is 508 g/mol. The Hall–Kier alpha value is -1.43. The lowest BCUT2D eigenvalue weighted by atomic mass is 9.78. The Kier molecular flexibility index (Phi) is 9.19. The topological polar surface area (TPSA) is 18.5 Å². The highest BCUT2D eigenvalue weighted by Gasteiger charge is 2.39. The Balaban J connectivity index is 2.75. The van der Waals surface area contributed by atoms with E-state index in [2.05, 4.69) is 128 Å². The molecule has 200 valence electrons. The van der Waals surface area contributed by atoms with Gasteiger partial charge in [0.15, 0.2) is 0 Å². The summed E-state index contributed by atoms with van der Waals surface area (Å²) in [5.74, 6) is 2.10. The summed E-state index contributed by atoms with van der Waals surface area (Å²) in [5, 5.41) is 0.960. The molecule has 0 amide bonds. The molecule has 0 unspecified atom stereocenters. The van der Waals surface area contributed by atoms with Crippen molar-refractivity contribution in [3.05, 3.63) is 57.6 Å². The SMILES string of the molecule is CC[CH2][Al]([O]c1c(C(C)(C)C)cc(C)cc1C(C)(C)C)[O]c1c(C(C)(C)C)cc(C)cc1C(C)(C)C. The summed E-state index contributed by atoms with van der Waals surface area (Å²) in [6.07, 6.45) is 1.04. The minimum absolute atomic E-state index is 0.0243. The first-order valence-electron chi connectivity index (χ1n) is 13.8. The maximum absolute atomic E-state index is 7.11. The molecule has 2 nitrogen and oxygen atoms in total. The summed E-state index contributed by atoms with van der Waals surface area (Å²) in [5.41, 5.74) is 7.59. The molecule has 0 bridgehead atoms. The third-order valence-electron chi connectivity index (χ3n) is 6.72. The van der Waals surface area contributed by atoms with Crippen LogP contribution in [0.25, 0.3) is 0 Å². The van der Waals surface area contributed by atoms with E-state index in [1.54, 1.807) is 0 Å². The molecule has 0 aliphatic rings. The van der Waals surface area contributed by atoms with Crippen LogP contribution < -0.4 is 7.58 Å². The smallest absolute Gasteiger partial charge is 0.611 e. The molecule has 2 aromatic carbocycles. The summed E-state index contributed by atoms with van der Waals surface area (Å²) >= 11 is -2.12. The summed E-state index contributed by atoms with van der Waals surface area (Å²) in [6, 6.07) is 9.26. The molecular formula is C33H53AlO2. The molecule has 0 atom stereocenters. The first kappa shape index (κ1) is 30.8. The second kappa shape index (κ2) is 10.7. The van der Waals surface area contributed by atoms with Crippen molar-refractivity contribution in [3.63, 3.8) is 0 Å². The highest BCUT2D eigenvalue weighted by atomic mass is 27.2. The second-order valence-electron chi connectivity index (χ2n) is 14.8. The average Bonchev–Trinajstić information content (AvgIpc) is 2.66. The quantitative estimate of drug-likeness (QED) is 0.361. The number of rotatable bonds is 6. The van der Waals surface area contributed by atoms with Crippen LogP contribution in [0.15, 0.2) is 24.3 Å². The Morgan fingerprint density at radius 3 is 0.972 bits per heavy atom. The van der Waals surface area contributed by atoms with Crippen molar-refractivity contribution in [1.82, 2.24) is 0 Å². The van der Waals surface area contributed by atoms with Crippen LogP contribution in [0.3, 0.4) is 0 Å². The number of hydrogen-bond acceptors (Lipinski definition) is 2. The molecule has 0 saturated heterocycles. The molecule has 0 aliphatic carbocycles. The van der Waals surface area contributed by atoms with Gasteiger partial charge in [0.2, 0.25) is 0 Å². The summed E-state index contributed by atoms with van der Waals surface area (Å²) in [7, 11) is 0. The minimum Gasteiger partial charge on any atom is -0.611 e. The van der Waals surface area contributed by atoms with E-state index in [9.17, 15) is 0 Å². The standard InChI is InChI=1S/2C15H24O.C3H7.Al/c2*1-10-8-11(14(2,3)4)13(16)12(9-10)15(5,6)7;1-3-2;/h2*8-9,16H,1-7H3;1,3H2,2H3;/q;;;+2/p-2. The lowest BCUT2D eigenvalue weighted by Gasteiger charge is -2.34. The molecule has 2 rings (SSSR count). The van der Waals surface area contributed by atoms with Crippen LogP contribution in [0.5, 0.6) is 11.5 Å². The van der Waals surface area contributed by atoms with Crippen LogP contribution in [-0.4, -0.2) is 14.8 Å². The van der Waals surface area contributed by atoms with Crippen molar-refractivity contribution >= 4 is 14.8 Å². The van der Waals surface area contributed by atoms with Crippen LogP contribution in [-0.2, 0) is 21.7 Å². The molecular weight excluding hydrogens is 455 g/mol. The van der Waals surface area contributed by atoms with Gasteiger partial charge in [-0.3, -0.25) is 0 Å². The van der Waals surface area contributed by atoms with Gasteiger partial charge in [0.1, 0.15) is 0 Å². The number of benzene rings is 2. The molecule has 0 spiro atoms. The van der Waals surface area contributed by atoms with Gasteiger partial charge in [0.25, 0.3) is 0 Å². The Morgan fingerprint density at radius 2 is 0.778 bits per heavy atom. The van der Waals surface area contributed by atoms with E-state index in [0.29, 0.717) is 0 Å². The molecule has 0 heterocycles. The summed E-state index contributed by atoms with van der Waals surface area (Å²) in [4.78, 5) is 0.